The molecule has 6 nitrogen and oxygen atoms in total. The minimum atomic E-state index is -0.502. The van der Waals surface area contributed by atoms with Crippen molar-refractivity contribution in [1.29, 1.82) is 0 Å². The van der Waals surface area contributed by atoms with Crippen LogP contribution in [0.25, 0.3) is 33.1 Å². The smallest absolute Gasteiger partial charge is 0.258 e. The molecule has 4 rings (SSSR count). The number of benzene rings is 2. The second kappa shape index (κ2) is 5.77. The number of aromatic nitrogens is 3. The molecule has 26 heavy (non-hydrogen) atoms. The third-order valence-electron chi connectivity index (χ3n) is 4.48. The predicted octanol–water partition coefficient (Wildman–Crippen LogP) is 2.56. The SMILES string of the molecule is Cc1nc2ccc(C(N)=O)cc2nc1-c1ccc2c(=O)n(C)ccc2c1. The summed E-state index contributed by atoms with van der Waals surface area (Å²) in [5.41, 5.74) is 9.35. The summed E-state index contributed by atoms with van der Waals surface area (Å²) in [6, 6.07) is 12.5. The summed E-state index contributed by atoms with van der Waals surface area (Å²) in [5, 5.41) is 1.50. The number of rotatable bonds is 2. The van der Waals surface area contributed by atoms with Gasteiger partial charge in [0.1, 0.15) is 0 Å². The molecule has 2 heterocycles. The van der Waals surface area contributed by atoms with Gasteiger partial charge in [-0.25, -0.2) is 9.97 Å². The maximum atomic E-state index is 12.2. The summed E-state index contributed by atoms with van der Waals surface area (Å²) >= 11 is 0. The van der Waals surface area contributed by atoms with Gasteiger partial charge in [-0.2, -0.15) is 0 Å². The number of nitrogens with two attached hydrogens (primary N) is 1. The molecular formula is C20H16N4O2. The summed E-state index contributed by atoms with van der Waals surface area (Å²) in [6.45, 7) is 1.89. The standard InChI is InChI=1S/C20H16N4O2/c1-11-18(23-17-10-14(19(21)25)4-6-16(17)22-11)13-3-5-15-12(9-13)7-8-24(2)20(15)26/h3-10H,1-2H3,(H2,21,25). The van der Waals surface area contributed by atoms with E-state index in [0.717, 1.165) is 16.6 Å². The van der Waals surface area contributed by atoms with Gasteiger partial charge in [0, 0.05) is 29.8 Å². The summed E-state index contributed by atoms with van der Waals surface area (Å²) in [6.07, 6.45) is 1.74. The Morgan fingerprint density at radius 2 is 1.85 bits per heavy atom. The molecule has 2 N–H and O–H groups in total. The maximum absolute atomic E-state index is 12.2. The number of aryl methyl sites for hydroxylation is 2. The zero-order chi connectivity index (χ0) is 18.4. The van der Waals surface area contributed by atoms with Crippen molar-refractivity contribution >= 4 is 27.7 Å². The van der Waals surface area contributed by atoms with Crippen LogP contribution in [0.1, 0.15) is 16.1 Å². The quantitative estimate of drug-likeness (QED) is 0.605. The van der Waals surface area contributed by atoms with E-state index in [1.165, 1.54) is 0 Å². The van der Waals surface area contributed by atoms with Gasteiger partial charge in [-0.05, 0) is 48.7 Å². The first-order chi connectivity index (χ1) is 12.4. The van der Waals surface area contributed by atoms with E-state index in [4.69, 9.17) is 5.73 Å². The molecule has 128 valence electrons. The van der Waals surface area contributed by atoms with E-state index in [-0.39, 0.29) is 5.56 Å². The molecule has 0 aliphatic carbocycles. The van der Waals surface area contributed by atoms with Crippen LogP contribution in [0.5, 0.6) is 0 Å². The average molecular weight is 344 g/mol. The Balaban J connectivity index is 1.94. The molecule has 0 aliphatic heterocycles. The highest BCUT2D eigenvalue weighted by Crippen LogP contribution is 2.26. The zero-order valence-electron chi connectivity index (χ0n) is 14.4. The molecule has 0 fully saturated rings. The van der Waals surface area contributed by atoms with Crippen molar-refractivity contribution in [3.63, 3.8) is 0 Å². The van der Waals surface area contributed by atoms with Crippen molar-refractivity contribution in [3.05, 3.63) is 70.3 Å². The van der Waals surface area contributed by atoms with Crippen LogP contribution in [0.4, 0.5) is 0 Å². The lowest BCUT2D eigenvalue weighted by atomic mass is 10.0. The summed E-state index contributed by atoms with van der Waals surface area (Å²) in [4.78, 5) is 32.9. The van der Waals surface area contributed by atoms with Gasteiger partial charge in [0.25, 0.3) is 5.56 Å². The summed E-state index contributed by atoms with van der Waals surface area (Å²) in [7, 11) is 1.73. The number of carbonyl (C=O) groups is 1. The fourth-order valence-corrected chi connectivity index (χ4v) is 3.06. The maximum Gasteiger partial charge on any atom is 0.258 e. The van der Waals surface area contributed by atoms with Crippen LogP contribution in [0.2, 0.25) is 0 Å². The lowest BCUT2D eigenvalue weighted by Crippen LogP contribution is -2.15. The fourth-order valence-electron chi connectivity index (χ4n) is 3.06. The summed E-state index contributed by atoms with van der Waals surface area (Å²) in [5.74, 6) is -0.502. The molecule has 6 heteroatoms. The minimum Gasteiger partial charge on any atom is -0.366 e. The summed E-state index contributed by atoms with van der Waals surface area (Å²) < 4.78 is 1.55. The Hall–Kier alpha value is -3.54. The number of pyridine rings is 1. The second-order valence-corrected chi connectivity index (χ2v) is 6.26. The molecule has 0 saturated heterocycles. The third kappa shape index (κ3) is 2.52. The van der Waals surface area contributed by atoms with Gasteiger partial charge >= 0.3 is 0 Å². The van der Waals surface area contributed by atoms with E-state index in [0.29, 0.717) is 27.7 Å². The number of amides is 1. The molecule has 0 bridgehead atoms. The van der Waals surface area contributed by atoms with Gasteiger partial charge in [-0.1, -0.05) is 6.07 Å². The van der Waals surface area contributed by atoms with E-state index in [9.17, 15) is 9.59 Å². The number of hydrogen-bond acceptors (Lipinski definition) is 4. The average Bonchev–Trinajstić information content (AvgIpc) is 2.63. The Morgan fingerprint density at radius 1 is 1.04 bits per heavy atom. The Kier molecular flexibility index (Phi) is 3.54. The van der Waals surface area contributed by atoms with Gasteiger partial charge in [0.2, 0.25) is 5.91 Å². The van der Waals surface area contributed by atoms with Crippen LogP contribution in [-0.2, 0) is 7.05 Å². The van der Waals surface area contributed by atoms with Crippen molar-refractivity contribution in [2.75, 3.05) is 0 Å². The molecule has 0 unspecified atom stereocenters. The van der Waals surface area contributed by atoms with E-state index in [2.05, 4.69) is 9.97 Å². The van der Waals surface area contributed by atoms with Crippen LogP contribution in [0.15, 0.2) is 53.5 Å². The van der Waals surface area contributed by atoms with E-state index >= 15 is 0 Å². The lowest BCUT2D eigenvalue weighted by Gasteiger charge is -2.09. The molecule has 0 spiro atoms. The van der Waals surface area contributed by atoms with Crippen LogP contribution in [-0.4, -0.2) is 20.4 Å². The highest BCUT2D eigenvalue weighted by Gasteiger charge is 2.11. The second-order valence-electron chi connectivity index (χ2n) is 6.26. The van der Waals surface area contributed by atoms with Crippen molar-refractivity contribution in [2.24, 2.45) is 12.8 Å². The molecule has 4 aromatic rings. The molecule has 0 aliphatic rings. The van der Waals surface area contributed by atoms with Gasteiger partial charge in [0.15, 0.2) is 0 Å². The predicted molar refractivity (Wildman–Crippen MR) is 101 cm³/mol. The van der Waals surface area contributed by atoms with Crippen molar-refractivity contribution < 1.29 is 4.79 Å². The van der Waals surface area contributed by atoms with Crippen LogP contribution in [0, 0.1) is 6.92 Å². The number of nitrogens with zero attached hydrogens (tertiary/aromatic N) is 3. The topological polar surface area (TPSA) is 90.9 Å². The molecule has 2 aromatic carbocycles. The number of carbonyl (C=O) groups excluding carboxylic acids is 1. The number of hydrogen-bond donors (Lipinski definition) is 1. The Labute approximate surface area is 148 Å². The van der Waals surface area contributed by atoms with Gasteiger partial charge in [-0.15, -0.1) is 0 Å². The first-order valence-electron chi connectivity index (χ1n) is 8.12. The molecule has 1 amide bonds. The van der Waals surface area contributed by atoms with Crippen molar-refractivity contribution in [3.8, 4) is 11.3 Å². The highest BCUT2D eigenvalue weighted by atomic mass is 16.1. The van der Waals surface area contributed by atoms with Gasteiger partial charge in [-0.3, -0.25) is 9.59 Å². The van der Waals surface area contributed by atoms with E-state index < -0.39 is 5.91 Å². The van der Waals surface area contributed by atoms with Gasteiger partial charge < -0.3 is 10.3 Å². The molecule has 2 aromatic heterocycles. The van der Waals surface area contributed by atoms with Crippen molar-refractivity contribution in [1.82, 2.24) is 14.5 Å². The molecule has 0 saturated carbocycles. The number of fused-ring (bicyclic) bond motifs is 2. The number of primary amides is 1. The first-order valence-corrected chi connectivity index (χ1v) is 8.12. The first kappa shape index (κ1) is 16.0. The molecular weight excluding hydrogens is 328 g/mol. The molecule has 0 atom stereocenters. The van der Waals surface area contributed by atoms with Gasteiger partial charge in [0.05, 0.1) is 22.4 Å². The molecule has 0 radical (unpaired) electrons. The van der Waals surface area contributed by atoms with E-state index in [1.54, 1.807) is 42.1 Å². The van der Waals surface area contributed by atoms with Crippen LogP contribution >= 0.6 is 0 Å². The lowest BCUT2D eigenvalue weighted by molar-refractivity contribution is 0.100. The Bertz CT molecular complexity index is 1260. The largest absolute Gasteiger partial charge is 0.366 e. The Morgan fingerprint density at radius 3 is 2.62 bits per heavy atom. The van der Waals surface area contributed by atoms with E-state index in [1.807, 2.05) is 25.1 Å². The monoisotopic (exact) mass is 344 g/mol. The van der Waals surface area contributed by atoms with Crippen molar-refractivity contribution in [2.45, 2.75) is 6.92 Å². The zero-order valence-corrected chi connectivity index (χ0v) is 14.4. The third-order valence-corrected chi connectivity index (χ3v) is 4.48. The van der Waals surface area contributed by atoms with Crippen LogP contribution in [0.3, 0.4) is 0 Å². The normalized spacial score (nSPS) is 11.2. The highest BCUT2D eigenvalue weighted by molar-refractivity contribution is 5.96. The van der Waals surface area contributed by atoms with Crippen LogP contribution < -0.4 is 11.3 Å². The fraction of sp³-hybridized carbons (Fsp3) is 0.100. The minimum absolute atomic E-state index is 0.0403.